The summed E-state index contributed by atoms with van der Waals surface area (Å²) in [6, 6.07) is 8.22. The van der Waals surface area contributed by atoms with Crippen molar-refractivity contribution in [3.8, 4) is 5.75 Å². The second kappa shape index (κ2) is 11.0. The second-order valence-electron chi connectivity index (χ2n) is 9.81. The highest BCUT2D eigenvalue weighted by atomic mass is 35.5. The number of aryl methyl sites for hydroxylation is 1. The van der Waals surface area contributed by atoms with Gasteiger partial charge in [-0.1, -0.05) is 17.7 Å². The molecular formula is C26H31ClF2N2O4S. The smallest absolute Gasteiger partial charge is 0.248 e. The molecule has 0 bridgehead atoms. The Morgan fingerprint density at radius 2 is 1.75 bits per heavy atom. The van der Waals surface area contributed by atoms with E-state index < -0.39 is 32.0 Å². The van der Waals surface area contributed by atoms with Gasteiger partial charge in [-0.05, 0) is 74.9 Å². The van der Waals surface area contributed by atoms with Crippen LogP contribution >= 0.6 is 11.6 Å². The summed E-state index contributed by atoms with van der Waals surface area (Å²) < 4.78 is 62.8. The molecule has 0 aromatic heterocycles. The molecule has 0 spiro atoms. The van der Waals surface area contributed by atoms with E-state index in [9.17, 15) is 22.0 Å². The third kappa shape index (κ3) is 5.84. The van der Waals surface area contributed by atoms with Crippen LogP contribution in [0.4, 0.5) is 8.78 Å². The van der Waals surface area contributed by atoms with Gasteiger partial charge in [0.1, 0.15) is 17.4 Å². The maximum Gasteiger partial charge on any atom is 0.248 e. The zero-order valence-corrected chi connectivity index (χ0v) is 21.9. The van der Waals surface area contributed by atoms with Gasteiger partial charge in [-0.25, -0.2) is 17.2 Å². The van der Waals surface area contributed by atoms with Crippen LogP contribution in [-0.4, -0.2) is 56.3 Å². The molecule has 2 saturated heterocycles. The molecule has 2 aliphatic heterocycles. The summed E-state index contributed by atoms with van der Waals surface area (Å²) in [5.74, 6) is -1.77. The fourth-order valence-corrected chi connectivity index (χ4v) is 6.88. The van der Waals surface area contributed by atoms with Gasteiger partial charge in [0.25, 0.3) is 0 Å². The van der Waals surface area contributed by atoms with E-state index in [2.05, 4.69) is 0 Å². The number of piperidine rings is 2. The minimum atomic E-state index is -4.46. The average molecular weight is 541 g/mol. The number of carbonyl (C=O) groups excluding carboxylic acids is 1. The van der Waals surface area contributed by atoms with Crippen molar-refractivity contribution in [1.82, 2.24) is 9.21 Å². The molecule has 0 aliphatic carbocycles. The molecule has 1 atom stereocenters. The van der Waals surface area contributed by atoms with Crippen molar-refractivity contribution in [1.29, 1.82) is 0 Å². The topological polar surface area (TPSA) is 66.9 Å². The third-order valence-electron chi connectivity index (χ3n) is 7.05. The van der Waals surface area contributed by atoms with Crippen molar-refractivity contribution < 1.29 is 26.7 Å². The summed E-state index contributed by atoms with van der Waals surface area (Å²) in [5.41, 5.74) is -0.0229. The molecule has 10 heteroatoms. The molecule has 2 aromatic rings. The maximum absolute atomic E-state index is 14.4. The third-order valence-corrected chi connectivity index (χ3v) is 9.37. The summed E-state index contributed by atoms with van der Waals surface area (Å²) >= 11 is 6.12. The van der Waals surface area contributed by atoms with Crippen molar-refractivity contribution in [2.45, 2.75) is 50.3 Å². The van der Waals surface area contributed by atoms with Gasteiger partial charge in [-0.2, -0.15) is 4.31 Å². The van der Waals surface area contributed by atoms with Gasteiger partial charge in [-0.3, -0.25) is 4.79 Å². The van der Waals surface area contributed by atoms with E-state index in [-0.39, 0.29) is 32.0 Å². The molecule has 2 aliphatic rings. The average Bonchev–Trinajstić information content (AvgIpc) is 2.85. The van der Waals surface area contributed by atoms with Crippen LogP contribution in [0.2, 0.25) is 5.02 Å². The van der Waals surface area contributed by atoms with Crippen LogP contribution in [-0.2, 0) is 14.8 Å². The number of hydrogen-bond donors (Lipinski definition) is 0. The van der Waals surface area contributed by atoms with Crippen LogP contribution < -0.4 is 4.74 Å². The molecule has 2 heterocycles. The number of nitrogens with zero attached hydrogens (tertiary/aromatic N) is 2. The Kier molecular flexibility index (Phi) is 8.22. The van der Waals surface area contributed by atoms with Gasteiger partial charge >= 0.3 is 0 Å². The Hall–Kier alpha value is -2.23. The number of amides is 1. The Balaban J connectivity index is 1.62. The first-order valence-electron chi connectivity index (χ1n) is 12.2. The summed E-state index contributed by atoms with van der Waals surface area (Å²) in [7, 11) is -4.46. The Bertz CT molecular complexity index is 1200. The lowest BCUT2D eigenvalue weighted by atomic mass is 9.78. The molecule has 1 amide bonds. The Labute approximate surface area is 216 Å². The lowest BCUT2D eigenvalue weighted by Crippen LogP contribution is -2.51. The van der Waals surface area contributed by atoms with Crippen molar-refractivity contribution in [3.63, 3.8) is 0 Å². The number of rotatable bonds is 7. The zero-order valence-electron chi connectivity index (χ0n) is 20.3. The van der Waals surface area contributed by atoms with E-state index in [0.717, 1.165) is 47.3 Å². The van der Waals surface area contributed by atoms with Gasteiger partial charge in [0.15, 0.2) is 4.90 Å². The van der Waals surface area contributed by atoms with Gasteiger partial charge in [0.05, 0.1) is 6.61 Å². The lowest BCUT2D eigenvalue weighted by Gasteiger charge is -2.42. The molecule has 0 saturated carbocycles. The summed E-state index contributed by atoms with van der Waals surface area (Å²) in [6.45, 7) is 3.32. The lowest BCUT2D eigenvalue weighted by molar-refractivity contribution is -0.136. The first kappa shape index (κ1) is 26.8. The molecular weight excluding hydrogens is 510 g/mol. The number of benzene rings is 2. The molecule has 2 aromatic carbocycles. The largest absolute Gasteiger partial charge is 0.493 e. The number of carbonyl (C=O) groups is 1. The molecule has 0 radical (unpaired) electrons. The molecule has 36 heavy (non-hydrogen) atoms. The van der Waals surface area contributed by atoms with Gasteiger partial charge < -0.3 is 9.64 Å². The quantitative estimate of drug-likeness (QED) is 0.485. The SMILES string of the molecule is Cc1cc(OC[C@]2(CC(=O)N3CCCCC3)CCCN(S(=O)(=O)c3c(F)cccc3F)C2)ccc1Cl. The first-order valence-corrected chi connectivity index (χ1v) is 14.0. The van der Waals surface area contributed by atoms with Crippen LogP contribution in [0.3, 0.4) is 0 Å². The Morgan fingerprint density at radius 3 is 2.42 bits per heavy atom. The van der Waals surface area contributed by atoms with E-state index in [1.807, 2.05) is 11.8 Å². The van der Waals surface area contributed by atoms with E-state index in [0.29, 0.717) is 36.7 Å². The molecule has 0 unspecified atom stereocenters. The predicted octanol–water partition coefficient (Wildman–Crippen LogP) is 5.18. The van der Waals surface area contributed by atoms with Crippen LogP contribution in [0.15, 0.2) is 41.3 Å². The first-order chi connectivity index (χ1) is 17.1. The monoisotopic (exact) mass is 540 g/mol. The van der Waals surface area contributed by atoms with E-state index in [1.165, 1.54) is 0 Å². The van der Waals surface area contributed by atoms with E-state index in [4.69, 9.17) is 16.3 Å². The van der Waals surface area contributed by atoms with Crippen molar-refractivity contribution in [2.24, 2.45) is 5.41 Å². The highest BCUT2D eigenvalue weighted by molar-refractivity contribution is 7.89. The van der Waals surface area contributed by atoms with Crippen molar-refractivity contribution in [2.75, 3.05) is 32.8 Å². The van der Waals surface area contributed by atoms with Gasteiger partial charge in [0, 0.05) is 43.0 Å². The minimum Gasteiger partial charge on any atom is -0.493 e. The van der Waals surface area contributed by atoms with Gasteiger partial charge in [-0.15, -0.1) is 0 Å². The molecule has 0 N–H and O–H groups in total. The van der Waals surface area contributed by atoms with Crippen molar-refractivity contribution in [3.05, 3.63) is 58.6 Å². The van der Waals surface area contributed by atoms with Crippen LogP contribution in [0, 0.1) is 24.0 Å². The number of hydrogen-bond acceptors (Lipinski definition) is 4. The van der Waals surface area contributed by atoms with E-state index in [1.54, 1.807) is 18.2 Å². The second-order valence-corrected chi connectivity index (χ2v) is 12.1. The highest BCUT2D eigenvalue weighted by Gasteiger charge is 2.44. The zero-order chi connectivity index (χ0) is 25.9. The summed E-state index contributed by atoms with van der Waals surface area (Å²) in [4.78, 5) is 14.1. The summed E-state index contributed by atoms with van der Waals surface area (Å²) in [5, 5.41) is 0.596. The van der Waals surface area contributed by atoms with Crippen LogP contribution in [0.1, 0.15) is 44.1 Å². The highest BCUT2D eigenvalue weighted by Crippen LogP contribution is 2.38. The van der Waals surface area contributed by atoms with Gasteiger partial charge in [0.2, 0.25) is 15.9 Å². The summed E-state index contributed by atoms with van der Waals surface area (Å²) in [6.07, 6.45) is 4.02. The molecule has 196 valence electrons. The normalized spacial score (nSPS) is 21.4. The van der Waals surface area contributed by atoms with Crippen molar-refractivity contribution >= 4 is 27.5 Å². The fourth-order valence-electron chi connectivity index (χ4n) is 5.06. The standard InChI is InChI=1S/C26H31ClF2N2O4S/c1-19-15-20(9-10-21(19)27)35-18-26(16-24(32)30-12-3-2-4-13-30)11-6-14-31(17-26)36(33,34)25-22(28)7-5-8-23(25)29/h5,7-10,15H,2-4,6,11-14,16-18H2,1H3/t26-/m0/s1. The fraction of sp³-hybridized carbons (Fsp3) is 0.500. The minimum absolute atomic E-state index is 0.0538. The molecule has 4 rings (SSSR count). The number of halogens is 3. The van der Waals surface area contributed by atoms with E-state index >= 15 is 0 Å². The van der Waals surface area contributed by atoms with Crippen LogP contribution in [0.25, 0.3) is 0 Å². The number of ether oxygens (including phenoxy) is 1. The maximum atomic E-state index is 14.4. The number of sulfonamides is 1. The predicted molar refractivity (Wildman–Crippen MR) is 134 cm³/mol. The number of likely N-dealkylation sites (tertiary alicyclic amines) is 1. The molecule has 6 nitrogen and oxygen atoms in total. The molecule has 2 fully saturated rings. The van der Waals surface area contributed by atoms with Crippen LogP contribution in [0.5, 0.6) is 5.75 Å². The Morgan fingerprint density at radius 1 is 1.06 bits per heavy atom.